The summed E-state index contributed by atoms with van der Waals surface area (Å²) in [5.41, 5.74) is 3.37. The predicted molar refractivity (Wildman–Crippen MR) is 153 cm³/mol. The first kappa shape index (κ1) is 26.7. The average molecular weight is 559 g/mol. The van der Waals surface area contributed by atoms with E-state index in [1.54, 1.807) is 41.0 Å². The third-order valence-corrected chi connectivity index (χ3v) is 10.4. The van der Waals surface area contributed by atoms with Crippen molar-refractivity contribution in [2.24, 2.45) is 11.8 Å². The maximum atomic E-state index is 13.5. The van der Waals surface area contributed by atoms with Gasteiger partial charge in [0, 0.05) is 41.7 Å². The lowest BCUT2D eigenvalue weighted by atomic mass is 9.80. The van der Waals surface area contributed by atoms with Crippen LogP contribution in [0.5, 0.6) is 5.75 Å². The van der Waals surface area contributed by atoms with E-state index < -0.39 is 10.0 Å². The van der Waals surface area contributed by atoms with E-state index in [1.165, 1.54) is 5.69 Å². The second kappa shape index (κ2) is 11.1. The van der Waals surface area contributed by atoms with Crippen LogP contribution in [0, 0.1) is 30.1 Å². The average Bonchev–Trinajstić information content (AvgIpc) is 3.45. The van der Waals surface area contributed by atoms with Crippen LogP contribution in [-0.2, 0) is 10.0 Å². The Hall–Kier alpha value is -3.55. The lowest BCUT2D eigenvalue weighted by Gasteiger charge is -2.34. The molecular weight excluding hydrogens is 524 g/mol. The molecule has 1 unspecified atom stereocenters. The van der Waals surface area contributed by atoms with Crippen LogP contribution in [0.15, 0.2) is 42.7 Å². The van der Waals surface area contributed by atoms with Crippen LogP contribution in [0.3, 0.4) is 0 Å². The predicted octanol–water partition coefficient (Wildman–Crippen LogP) is 5.08. The van der Waals surface area contributed by atoms with Crippen LogP contribution in [0.4, 0.5) is 0 Å². The van der Waals surface area contributed by atoms with E-state index >= 15 is 0 Å². The molecule has 208 valence electrons. The van der Waals surface area contributed by atoms with E-state index in [9.17, 15) is 8.42 Å². The summed E-state index contributed by atoms with van der Waals surface area (Å²) in [4.78, 5) is 17.0. The number of H-pyrrole nitrogens is 1. The summed E-state index contributed by atoms with van der Waals surface area (Å²) < 4.78 is 34.5. The zero-order valence-electron chi connectivity index (χ0n) is 22.7. The van der Waals surface area contributed by atoms with Crippen LogP contribution in [-0.4, -0.2) is 58.1 Å². The molecule has 4 heterocycles. The number of aryl methyl sites for hydroxylation is 1. The van der Waals surface area contributed by atoms with Crippen molar-refractivity contribution in [3.8, 4) is 11.8 Å². The minimum absolute atomic E-state index is 0.158. The van der Waals surface area contributed by atoms with Crippen LogP contribution >= 0.6 is 0 Å². The number of nitrogens with one attached hydrogen (secondary N) is 1. The molecule has 0 radical (unpaired) electrons. The smallest absolute Gasteiger partial charge is 0.214 e. The molecule has 0 spiro atoms. The summed E-state index contributed by atoms with van der Waals surface area (Å²) in [7, 11) is -3.35. The molecule has 1 aliphatic carbocycles. The minimum Gasteiger partial charge on any atom is -0.493 e. The Bertz CT molecular complexity index is 1650. The summed E-state index contributed by atoms with van der Waals surface area (Å²) in [6.45, 7) is 3.53. The Balaban J connectivity index is 1.07. The van der Waals surface area contributed by atoms with Gasteiger partial charge in [-0.25, -0.2) is 27.7 Å². The molecule has 4 aromatic rings. The number of pyridine rings is 1. The maximum Gasteiger partial charge on any atom is 0.214 e. The SMILES string of the molecule is Cc1nc2cnc3nccc3c2c(C2CCC(CS(=O)(=O)N3CCCC(COc4ccc(C#N)cc4)C3)CC2)[nH]1. The van der Waals surface area contributed by atoms with E-state index in [4.69, 9.17) is 10.00 Å². The number of piperidine rings is 1. The molecule has 9 nitrogen and oxygen atoms in total. The summed E-state index contributed by atoms with van der Waals surface area (Å²) in [5.74, 6) is 2.41. The molecule has 10 heteroatoms. The topological polar surface area (TPSA) is 125 Å². The second-order valence-corrected chi connectivity index (χ2v) is 13.3. The highest BCUT2D eigenvalue weighted by atomic mass is 32.2. The van der Waals surface area contributed by atoms with Crippen molar-refractivity contribution >= 4 is 32.0 Å². The fourth-order valence-electron chi connectivity index (χ4n) is 6.37. The van der Waals surface area contributed by atoms with Gasteiger partial charge in [0.25, 0.3) is 0 Å². The van der Waals surface area contributed by atoms with E-state index in [1.807, 2.05) is 13.0 Å². The van der Waals surface area contributed by atoms with Crippen molar-refractivity contribution in [3.05, 3.63) is 59.8 Å². The van der Waals surface area contributed by atoms with Gasteiger partial charge in [-0.05, 0) is 87.6 Å². The molecule has 2 aliphatic rings. The van der Waals surface area contributed by atoms with Gasteiger partial charge >= 0.3 is 0 Å². The van der Waals surface area contributed by atoms with Crippen molar-refractivity contribution in [2.45, 2.75) is 51.4 Å². The lowest BCUT2D eigenvalue weighted by molar-refractivity contribution is 0.179. The van der Waals surface area contributed by atoms with Gasteiger partial charge in [0.1, 0.15) is 11.6 Å². The maximum absolute atomic E-state index is 13.5. The van der Waals surface area contributed by atoms with E-state index in [-0.39, 0.29) is 17.6 Å². The van der Waals surface area contributed by atoms with Crippen molar-refractivity contribution in [3.63, 3.8) is 0 Å². The molecule has 1 aliphatic heterocycles. The highest BCUT2D eigenvalue weighted by Crippen LogP contribution is 2.40. The quantitative estimate of drug-likeness (QED) is 0.335. The van der Waals surface area contributed by atoms with Crippen LogP contribution < -0.4 is 4.74 Å². The van der Waals surface area contributed by atoms with Crippen molar-refractivity contribution in [1.82, 2.24) is 24.2 Å². The zero-order valence-corrected chi connectivity index (χ0v) is 23.5. The summed E-state index contributed by atoms with van der Waals surface area (Å²) in [6.07, 6.45) is 9.02. The molecule has 6 rings (SSSR count). The van der Waals surface area contributed by atoms with Gasteiger partial charge in [-0.15, -0.1) is 0 Å². The lowest BCUT2D eigenvalue weighted by Crippen LogP contribution is -2.43. The third kappa shape index (κ3) is 5.54. The summed E-state index contributed by atoms with van der Waals surface area (Å²) in [6, 6.07) is 11.1. The standard InChI is InChI=1S/C30H34N6O3S/c1-20-34-27-16-33-30-26(12-13-32-30)28(27)29(35-20)24-8-4-22(5-9-24)19-40(37,38)36-14-2-3-23(17-36)18-39-25-10-6-21(15-31)7-11-25/h6-7,10-13,16,22-24H,2-5,8-9,14,17-19H2,1H3,(H,34,35). The first-order valence-corrected chi connectivity index (χ1v) is 15.7. The van der Waals surface area contributed by atoms with Gasteiger partial charge in [0.2, 0.25) is 10.0 Å². The van der Waals surface area contributed by atoms with E-state index in [2.05, 4.69) is 26.0 Å². The number of nitriles is 1. The van der Waals surface area contributed by atoms with E-state index in [0.29, 0.717) is 36.9 Å². The number of ether oxygens (including phenoxy) is 1. The van der Waals surface area contributed by atoms with Gasteiger partial charge in [0.15, 0.2) is 5.65 Å². The molecule has 0 amide bonds. The Morgan fingerprint density at radius 2 is 1.88 bits per heavy atom. The Morgan fingerprint density at radius 3 is 2.65 bits per heavy atom. The Labute approximate surface area is 234 Å². The van der Waals surface area contributed by atoms with Crippen LogP contribution in [0.1, 0.15) is 61.5 Å². The van der Waals surface area contributed by atoms with Gasteiger partial charge in [0.05, 0.1) is 35.7 Å². The van der Waals surface area contributed by atoms with E-state index in [0.717, 1.165) is 66.3 Å². The molecular formula is C30H34N6O3S. The van der Waals surface area contributed by atoms with Gasteiger partial charge in [-0.2, -0.15) is 5.26 Å². The highest BCUT2D eigenvalue weighted by molar-refractivity contribution is 7.89. The molecule has 40 heavy (non-hydrogen) atoms. The van der Waals surface area contributed by atoms with Crippen molar-refractivity contribution in [2.75, 3.05) is 25.4 Å². The van der Waals surface area contributed by atoms with Crippen molar-refractivity contribution < 1.29 is 13.2 Å². The number of hydrogen-bond acceptors (Lipinski definition) is 7. The minimum atomic E-state index is -3.35. The van der Waals surface area contributed by atoms with Crippen LogP contribution in [0.2, 0.25) is 0 Å². The number of sulfonamides is 1. The van der Waals surface area contributed by atoms with Gasteiger partial charge in [-0.3, -0.25) is 0 Å². The molecule has 2 fully saturated rings. The third-order valence-electron chi connectivity index (χ3n) is 8.43. The van der Waals surface area contributed by atoms with Gasteiger partial charge < -0.3 is 9.72 Å². The van der Waals surface area contributed by atoms with Gasteiger partial charge in [-0.1, -0.05) is 0 Å². The number of aromatic nitrogens is 4. The zero-order chi connectivity index (χ0) is 27.7. The Morgan fingerprint density at radius 1 is 1.07 bits per heavy atom. The molecule has 1 saturated heterocycles. The molecule has 1 aromatic carbocycles. The number of benzene rings is 1. The normalized spacial score (nSPS) is 22.4. The molecule has 0 bridgehead atoms. The number of fused-ring (bicyclic) bond motifs is 3. The number of nitrogens with zero attached hydrogens (tertiary/aromatic N) is 5. The number of aromatic amines is 1. The fourth-order valence-corrected chi connectivity index (χ4v) is 8.35. The first-order chi connectivity index (χ1) is 19.4. The molecule has 1 saturated carbocycles. The summed E-state index contributed by atoms with van der Waals surface area (Å²) in [5, 5.41) is 11.1. The molecule has 3 aromatic heterocycles. The first-order valence-electron chi connectivity index (χ1n) is 14.1. The number of hydrogen-bond donors (Lipinski definition) is 1. The highest BCUT2D eigenvalue weighted by Gasteiger charge is 2.33. The fraction of sp³-hybridized carbons (Fsp3) is 0.467. The van der Waals surface area contributed by atoms with Crippen molar-refractivity contribution in [1.29, 1.82) is 5.26 Å². The Kier molecular flexibility index (Phi) is 7.43. The molecule has 1 N–H and O–H groups in total. The summed E-state index contributed by atoms with van der Waals surface area (Å²) >= 11 is 0. The monoisotopic (exact) mass is 558 g/mol. The molecule has 1 atom stereocenters. The second-order valence-electron chi connectivity index (χ2n) is 11.2. The largest absolute Gasteiger partial charge is 0.493 e. The van der Waals surface area contributed by atoms with Crippen LogP contribution in [0.25, 0.3) is 21.9 Å². The number of rotatable bonds is 7.